The lowest BCUT2D eigenvalue weighted by molar-refractivity contribution is -0.141. The Kier molecular flexibility index (Phi) is 8.12. The average Bonchev–Trinajstić information content (AvgIpc) is 3.34. The molecule has 0 bridgehead atoms. The van der Waals surface area contributed by atoms with Crippen molar-refractivity contribution in [3.05, 3.63) is 60.0 Å². The molecule has 11 heteroatoms. The van der Waals surface area contributed by atoms with Gasteiger partial charge in [-0.3, -0.25) is 18.8 Å². The molecule has 0 spiro atoms. The number of nitrogens with zero attached hydrogens (tertiary/aromatic N) is 4. The first kappa shape index (κ1) is 26.2. The number of hydrogen-bond donors (Lipinski definition) is 0. The number of anilines is 1. The molecule has 1 atom stereocenters. The van der Waals surface area contributed by atoms with Gasteiger partial charge in [0.15, 0.2) is 4.90 Å². The molecule has 3 heterocycles. The van der Waals surface area contributed by atoms with Gasteiger partial charge in [-0.25, -0.2) is 8.42 Å². The average molecular weight is 527 g/mol. The SMILES string of the molecule is CCOc1nn(CC)cc1S(=O)(=O)N1CC(CCC(=O)OC)Oc2ccc(/C=C/c3ccccn3)cc21. The highest BCUT2D eigenvalue weighted by molar-refractivity contribution is 7.93. The fourth-order valence-electron chi connectivity index (χ4n) is 3.93. The van der Waals surface area contributed by atoms with Crippen molar-refractivity contribution in [1.29, 1.82) is 0 Å². The lowest BCUT2D eigenvalue weighted by Crippen LogP contribution is -2.43. The standard InChI is InChI=1S/C26H30N4O6S/c1-4-29-18-24(26(28-29)35-5-2)37(32,33)30-17-21(12-14-25(31)34-3)36-23-13-10-19(16-22(23)30)9-11-20-8-6-7-15-27-20/h6-11,13,15-16,18,21H,4-5,12,14,17H2,1-3H3/b11-9+. The van der Waals surface area contributed by atoms with Crippen molar-refractivity contribution >= 4 is 33.8 Å². The number of methoxy groups -OCH3 is 1. The summed E-state index contributed by atoms with van der Waals surface area (Å²) in [7, 11) is -2.77. The van der Waals surface area contributed by atoms with Crippen LogP contribution in [0, 0.1) is 0 Å². The van der Waals surface area contributed by atoms with Crippen LogP contribution in [-0.4, -0.2) is 55.5 Å². The molecule has 0 fully saturated rings. The lowest BCUT2D eigenvalue weighted by Gasteiger charge is -2.35. The minimum Gasteiger partial charge on any atom is -0.486 e. The summed E-state index contributed by atoms with van der Waals surface area (Å²) < 4.78 is 47.3. The third-order valence-electron chi connectivity index (χ3n) is 5.82. The molecule has 1 aliphatic heterocycles. The van der Waals surface area contributed by atoms with Crippen LogP contribution in [0.5, 0.6) is 11.6 Å². The van der Waals surface area contributed by atoms with Gasteiger partial charge in [0.2, 0.25) is 0 Å². The van der Waals surface area contributed by atoms with Crippen molar-refractivity contribution < 1.29 is 27.4 Å². The smallest absolute Gasteiger partial charge is 0.305 e. The van der Waals surface area contributed by atoms with Gasteiger partial charge in [0.1, 0.15) is 11.9 Å². The van der Waals surface area contributed by atoms with Crippen LogP contribution >= 0.6 is 0 Å². The Morgan fingerprint density at radius 1 is 1.22 bits per heavy atom. The van der Waals surface area contributed by atoms with E-state index in [2.05, 4.69) is 10.1 Å². The van der Waals surface area contributed by atoms with Crippen molar-refractivity contribution in [2.24, 2.45) is 0 Å². The van der Waals surface area contributed by atoms with E-state index in [0.717, 1.165) is 11.3 Å². The highest BCUT2D eigenvalue weighted by atomic mass is 32.2. The molecule has 0 N–H and O–H groups in total. The number of sulfonamides is 1. The number of aromatic nitrogens is 3. The maximum Gasteiger partial charge on any atom is 0.305 e. The van der Waals surface area contributed by atoms with Gasteiger partial charge in [-0.2, -0.15) is 0 Å². The zero-order chi connectivity index (χ0) is 26.4. The van der Waals surface area contributed by atoms with E-state index in [-0.39, 0.29) is 36.3 Å². The molecule has 1 aliphatic rings. The molecule has 4 rings (SSSR count). The van der Waals surface area contributed by atoms with Gasteiger partial charge >= 0.3 is 5.97 Å². The molecule has 1 aromatic carbocycles. The molecule has 0 saturated heterocycles. The number of carbonyl (C=O) groups is 1. The Morgan fingerprint density at radius 2 is 2.05 bits per heavy atom. The molecular weight excluding hydrogens is 496 g/mol. The first-order chi connectivity index (χ1) is 17.8. The van der Waals surface area contributed by atoms with Crippen LogP contribution in [-0.2, 0) is 26.1 Å². The molecular formula is C26H30N4O6S. The Morgan fingerprint density at radius 3 is 2.76 bits per heavy atom. The van der Waals surface area contributed by atoms with Crippen LogP contribution < -0.4 is 13.8 Å². The number of pyridine rings is 1. The molecule has 10 nitrogen and oxygen atoms in total. The molecule has 0 aliphatic carbocycles. The zero-order valence-corrected chi connectivity index (χ0v) is 21.8. The van der Waals surface area contributed by atoms with Crippen LogP contribution in [0.3, 0.4) is 0 Å². The number of esters is 1. The van der Waals surface area contributed by atoms with Gasteiger partial charge in [-0.1, -0.05) is 18.2 Å². The third kappa shape index (κ3) is 5.93. The van der Waals surface area contributed by atoms with Crippen molar-refractivity contribution in [2.75, 3.05) is 24.6 Å². The summed E-state index contributed by atoms with van der Waals surface area (Å²) in [5.74, 6) is 0.0666. The first-order valence-corrected chi connectivity index (χ1v) is 13.5. The van der Waals surface area contributed by atoms with Crippen molar-refractivity contribution in [1.82, 2.24) is 14.8 Å². The third-order valence-corrected chi connectivity index (χ3v) is 7.58. The summed E-state index contributed by atoms with van der Waals surface area (Å²) in [6, 6.07) is 10.9. The second kappa shape index (κ2) is 11.5. The quantitative estimate of drug-likeness (QED) is 0.367. The van der Waals surface area contributed by atoms with Gasteiger partial charge in [-0.15, -0.1) is 5.10 Å². The zero-order valence-electron chi connectivity index (χ0n) is 21.0. The second-order valence-corrected chi connectivity index (χ2v) is 10.1. The predicted octanol–water partition coefficient (Wildman–Crippen LogP) is 3.78. The normalized spacial score (nSPS) is 15.3. The minimum atomic E-state index is -4.09. The van der Waals surface area contributed by atoms with Crippen LogP contribution in [0.15, 0.2) is 53.7 Å². The Balaban J connectivity index is 1.74. The number of benzene rings is 1. The minimum absolute atomic E-state index is 0.0165. The fourth-order valence-corrected chi connectivity index (χ4v) is 5.50. The molecule has 0 amide bonds. The lowest BCUT2D eigenvalue weighted by atomic mass is 10.1. The van der Waals surface area contributed by atoms with E-state index >= 15 is 0 Å². The molecule has 0 radical (unpaired) electrons. The number of rotatable bonds is 10. The van der Waals surface area contributed by atoms with Gasteiger partial charge in [0.25, 0.3) is 15.9 Å². The molecule has 1 unspecified atom stereocenters. The largest absolute Gasteiger partial charge is 0.486 e. The topological polar surface area (TPSA) is 113 Å². The number of aryl methyl sites for hydroxylation is 1. The van der Waals surface area contributed by atoms with Gasteiger partial charge < -0.3 is 14.2 Å². The van der Waals surface area contributed by atoms with Crippen molar-refractivity contribution in [3.8, 4) is 11.6 Å². The number of carbonyl (C=O) groups excluding carboxylic acids is 1. The number of hydrogen-bond acceptors (Lipinski definition) is 8. The maximum atomic E-state index is 14.0. The molecule has 196 valence electrons. The fraction of sp³-hybridized carbons (Fsp3) is 0.346. The number of fused-ring (bicyclic) bond motifs is 1. The highest BCUT2D eigenvalue weighted by Gasteiger charge is 2.37. The second-order valence-electron chi connectivity index (χ2n) is 8.29. The van der Waals surface area contributed by atoms with Crippen LogP contribution in [0.25, 0.3) is 12.2 Å². The Bertz CT molecular complexity index is 1370. The predicted molar refractivity (Wildman–Crippen MR) is 139 cm³/mol. The van der Waals surface area contributed by atoms with E-state index in [0.29, 0.717) is 24.4 Å². The molecule has 2 aromatic heterocycles. The van der Waals surface area contributed by atoms with Crippen molar-refractivity contribution in [2.45, 2.75) is 44.2 Å². The van der Waals surface area contributed by atoms with Gasteiger partial charge in [-0.05, 0) is 56.2 Å². The van der Waals surface area contributed by atoms with Crippen molar-refractivity contribution in [3.63, 3.8) is 0 Å². The van der Waals surface area contributed by atoms with E-state index in [9.17, 15) is 13.2 Å². The van der Waals surface area contributed by atoms with E-state index in [1.54, 1.807) is 25.3 Å². The Labute approximate surface area is 216 Å². The number of ether oxygens (including phenoxy) is 3. The van der Waals surface area contributed by atoms with Crippen LogP contribution in [0.4, 0.5) is 5.69 Å². The first-order valence-electron chi connectivity index (χ1n) is 12.0. The maximum absolute atomic E-state index is 14.0. The summed E-state index contributed by atoms with van der Waals surface area (Å²) in [6.07, 6.45) is 6.74. The van der Waals surface area contributed by atoms with E-state index in [1.165, 1.54) is 22.3 Å². The molecule has 3 aromatic rings. The van der Waals surface area contributed by atoms with E-state index in [4.69, 9.17) is 14.2 Å². The van der Waals surface area contributed by atoms with Gasteiger partial charge in [0, 0.05) is 25.4 Å². The Hall–Kier alpha value is -3.86. The van der Waals surface area contributed by atoms with Crippen LogP contribution in [0.2, 0.25) is 0 Å². The summed E-state index contributed by atoms with van der Waals surface area (Å²) in [5.41, 5.74) is 1.94. The highest BCUT2D eigenvalue weighted by Crippen LogP contribution is 2.40. The van der Waals surface area contributed by atoms with Gasteiger partial charge in [0.05, 0.1) is 31.6 Å². The summed E-state index contributed by atoms with van der Waals surface area (Å²) >= 11 is 0. The van der Waals surface area contributed by atoms with Crippen LogP contribution in [0.1, 0.15) is 37.9 Å². The monoisotopic (exact) mass is 526 g/mol. The summed E-state index contributed by atoms with van der Waals surface area (Å²) in [4.78, 5) is 16.0. The van der Waals surface area contributed by atoms with E-state index in [1.807, 2.05) is 43.3 Å². The molecule has 0 saturated carbocycles. The molecule has 37 heavy (non-hydrogen) atoms. The summed E-state index contributed by atoms with van der Waals surface area (Å²) in [5, 5.41) is 4.28. The summed E-state index contributed by atoms with van der Waals surface area (Å²) in [6.45, 7) is 4.41. The van der Waals surface area contributed by atoms with E-state index < -0.39 is 16.1 Å².